The number of amides is 1. The van der Waals surface area contributed by atoms with E-state index < -0.39 is 5.91 Å². The number of aromatic nitrogens is 1. The van der Waals surface area contributed by atoms with Crippen LogP contribution in [0.2, 0.25) is 0 Å². The summed E-state index contributed by atoms with van der Waals surface area (Å²) in [6.45, 7) is 4.25. The lowest BCUT2D eigenvalue weighted by Crippen LogP contribution is -2.07. The fourth-order valence-electron chi connectivity index (χ4n) is 3.39. The van der Waals surface area contributed by atoms with Gasteiger partial charge in [0.2, 0.25) is 5.88 Å². The van der Waals surface area contributed by atoms with Crippen molar-refractivity contribution in [2.45, 2.75) is 20.4 Å². The van der Waals surface area contributed by atoms with Crippen molar-refractivity contribution in [2.24, 2.45) is 10.2 Å². The topological polar surface area (TPSA) is 76.2 Å². The molecule has 29 heavy (non-hydrogen) atoms. The van der Waals surface area contributed by atoms with E-state index in [1.807, 2.05) is 74.5 Å². The summed E-state index contributed by atoms with van der Waals surface area (Å²) in [4.78, 5) is 12.2. The number of carbonyl (C=O) groups excluding carboxylic acids is 1. The molecule has 0 saturated heterocycles. The summed E-state index contributed by atoms with van der Waals surface area (Å²) in [6, 6.07) is 19.4. The summed E-state index contributed by atoms with van der Waals surface area (Å²) in [5.41, 5.74) is 2.18. The maximum atomic E-state index is 12.2. The molecule has 1 heterocycles. The third kappa shape index (κ3) is 3.69. The number of hydrogen-bond acceptors (Lipinski definition) is 4. The summed E-state index contributed by atoms with van der Waals surface area (Å²) in [6.07, 6.45) is 0. The van der Waals surface area contributed by atoms with Crippen LogP contribution in [-0.4, -0.2) is 22.2 Å². The molecule has 0 atom stereocenters. The van der Waals surface area contributed by atoms with E-state index in [0.29, 0.717) is 18.0 Å². The third-order valence-electron chi connectivity index (χ3n) is 4.83. The zero-order valence-corrected chi connectivity index (χ0v) is 16.3. The number of benzene rings is 3. The number of hydrogen-bond donors (Lipinski definition) is 1. The van der Waals surface area contributed by atoms with E-state index in [1.54, 1.807) is 4.57 Å². The van der Waals surface area contributed by atoms with Gasteiger partial charge in [-0.25, -0.2) is 0 Å². The van der Waals surface area contributed by atoms with Gasteiger partial charge in [0.1, 0.15) is 5.75 Å². The minimum Gasteiger partial charge on any atom is -0.493 e. The fraction of sp³-hybridized carbons (Fsp3) is 0.174. The van der Waals surface area contributed by atoms with Crippen molar-refractivity contribution in [1.29, 1.82) is 0 Å². The van der Waals surface area contributed by atoms with Crippen LogP contribution in [0.15, 0.2) is 70.9 Å². The molecular weight excluding hydrogens is 366 g/mol. The lowest BCUT2D eigenvalue weighted by Gasteiger charge is -2.04. The minimum atomic E-state index is -0.525. The van der Waals surface area contributed by atoms with Gasteiger partial charge in [-0.05, 0) is 48.9 Å². The number of ether oxygens (including phenoxy) is 1. The monoisotopic (exact) mass is 387 g/mol. The molecule has 0 aliphatic rings. The Labute approximate surface area is 168 Å². The van der Waals surface area contributed by atoms with Crippen LogP contribution in [0, 0.1) is 6.92 Å². The van der Waals surface area contributed by atoms with Crippen LogP contribution in [0.3, 0.4) is 0 Å². The number of aryl methyl sites for hydroxylation is 2. The van der Waals surface area contributed by atoms with Crippen molar-refractivity contribution < 1.29 is 14.6 Å². The summed E-state index contributed by atoms with van der Waals surface area (Å²) < 4.78 is 7.29. The van der Waals surface area contributed by atoms with Crippen LogP contribution >= 0.6 is 0 Å². The van der Waals surface area contributed by atoms with Crippen LogP contribution in [0.4, 0.5) is 5.69 Å². The Morgan fingerprint density at radius 1 is 1.07 bits per heavy atom. The number of aromatic hydroxyl groups is 1. The smallest absolute Gasteiger partial charge is 0.302 e. The molecule has 6 heteroatoms. The number of nitrogens with zero attached hydrogens (tertiary/aromatic N) is 3. The normalized spacial score (nSPS) is 11.5. The first-order chi connectivity index (χ1) is 14.1. The van der Waals surface area contributed by atoms with E-state index in [2.05, 4.69) is 10.2 Å². The van der Waals surface area contributed by atoms with Gasteiger partial charge < -0.3 is 14.4 Å². The molecule has 4 rings (SSSR count). The zero-order chi connectivity index (χ0) is 20.4. The molecule has 0 unspecified atom stereocenters. The van der Waals surface area contributed by atoms with Gasteiger partial charge >= 0.3 is 5.91 Å². The van der Waals surface area contributed by atoms with Gasteiger partial charge in [0.05, 0.1) is 5.52 Å². The summed E-state index contributed by atoms with van der Waals surface area (Å²) in [5.74, 6) is 0.0658. The molecule has 146 valence electrons. The van der Waals surface area contributed by atoms with Crippen molar-refractivity contribution in [3.8, 4) is 11.6 Å². The lowest BCUT2D eigenvalue weighted by atomic mass is 10.1. The van der Waals surface area contributed by atoms with Crippen molar-refractivity contribution in [1.82, 2.24) is 4.57 Å². The summed E-state index contributed by atoms with van der Waals surface area (Å²) in [7, 11) is 0. The number of azo groups is 1. The second kappa shape index (κ2) is 7.75. The Morgan fingerprint density at radius 2 is 1.86 bits per heavy atom. The highest BCUT2D eigenvalue weighted by Crippen LogP contribution is 2.39. The van der Waals surface area contributed by atoms with E-state index in [-0.39, 0.29) is 12.5 Å². The van der Waals surface area contributed by atoms with Gasteiger partial charge in [-0.15, -0.1) is 10.2 Å². The van der Waals surface area contributed by atoms with Crippen molar-refractivity contribution in [3.05, 3.63) is 66.2 Å². The van der Waals surface area contributed by atoms with Crippen LogP contribution in [0.1, 0.15) is 12.5 Å². The maximum Gasteiger partial charge on any atom is 0.302 e. The third-order valence-corrected chi connectivity index (χ3v) is 4.83. The molecule has 1 aromatic heterocycles. The lowest BCUT2D eigenvalue weighted by molar-refractivity contribution is -0.120. The zero-order valence-electron chi connectivity index (χ0n) is 16.3. The Morgan fingerprint density at radius 3 is 2.66 bits per heavy atom. The summed E-state index contributed by atoms with van der Waals surface area (Å²) >= 11 is 0. The van der Waals surface area contributed by atoms with Crippen molar-refractivity contribution in [3.63, 3.8) is 0 Å². The predicted molar refractivity (Wildman–Crippen MR) is 113 cm³/mol. The second-order valence-electron chi connectivity index (χ2n) is 6.83. The SMILES string of the molecule is CCn1c(O)c(N=NC(=O)COc2ccc3ccccc3c2)c2cc(C)ccc21. The highest BCUT2D eigenvalue weighted by atomic mass is 16.5. The Kier molecular flexibility index (Phi) is 4.99. The van der Waals surface area contributed by atoms with Gasteiger partial charge in [-0.1, -0.05) is 42.0 Å². The highest BCUT2D eigenvalue weighted by Gasteiger charge is 2.16. The standard InChI is InChI=1S/C23H21N3O3/c1-3-26-20-11-8-15(2)12-19(20)22(23(26)28)25-24-21(27)14-29-18-10-9-16-6-4-5-7-17(16)13-18/h4-13,28H,3,14H2,1-2H3. The molecule has 0 fully saturated rings. The highest BCUT2D eigenvalue weighted by molar-refractivity contribution is 5.95. The molecule has 0 bridgehead atoms. The Balaban J connectivity index is 1.52. The molecule has 0 radical (unpaired) electrons. The van der Waals surface area contributed by atoms with Crippen LogP contribution in [0.25, 0.3) is 21.7 Å². The molecule has 0 spiro atoms. The van der Waals surface area contributed by atoms with Crippen molar-refractivity contribution in [2.75, 3.05) is 6.61 Å². The second-order valence-corrected chi connectivity index (χ2v) is 6.83. The first-order valence-electron chi connectivity index (χ1n) is 9.45. The Bertz CT molecular complexity index is 1240. The quantitative estimate of drug-likeness (QED) is 0.458. The van der Waals surface area contributed by atoms with E-state index in [4.69, 9.17) is 4.74 Å². The van der Waals surface area contributed by atoms with Crippen molar-refractivity contribution >= 4 is 33.3 Å². The van der Waals surface area contributed by atoms with Gasteiger partial charge in [-0.2, -0.15) is 0 Å². The van der Waals surface area contributed by atoms with Crippen LogP contribution in [-0.2, 0) is 11.3 Å². The van der Waals surface area contributed by atoms with E-state index in [0.717, 1.165) is 27.2 Å². The maximum absolute atomic E-state index is 12.2. The molecule has 1 amide bonds. The van der Waals surface area contributed by atoms with E-state index >= 15 is 0 Å². The molecule has 6 nitrogen and oxygen atoms in total. The van der Waals surface area contributed by atoms with Gasteiger partial charge in [-0.3, -0.25) is 4.79 Å². The average Bonchev–Trinajstić information content (AvgIpc) is 3.00. The molecule has 0 saturated carbocycles. The number of rotatable bonds is 5. The van der Waals surface area contributed by atoms with Gasteiger partial charge in [0, 0.05) is 11.9 Å². The molecule has 4 aromatic rings. The first kappa shape index (κ1) is 18.7. The van der Waals surface area contributed by atoms with E-state index in [1.165, 1.54) is 0 Å². The minimum absolute atomic E-state index is 0.0000903. The fourth-order valence-corrected chi connectivity index (χ4v) is 3.39. The predicted octanol–water partition coefficient (Wildman–Crippen LogP) is 5.52. The molecule has 1 N–H and O–H groups in total. The van der Waals surface area contributed by atoms with Crippen LogP contribution in [0.5, 0.6) is 11.6 Å². The van der Waals surface area contributed by atoms with Crippen LogP contribution < -0.4 is 4.74 Å². The average molecular weight is 387 g/mol. The largest absolute Gasteiger partial charge is 0.493 e. The molecular formula is C23H21N3O3. The molecule has 0 aliphatic carbocycles. The molecule has 0 aliphatic heterocycles. The number of fused-ring (bicyclic) bond motifs is 2. The van der Waals surface area contributed by atoms with Gasteiger partial charge in [0.15, 0.2) is 12.3 Å². The Hall–Kier alpha value is -3.67. The van der Waals surface area contributed by atoms with Gasteiger partial charge in [0.25, 0.3) is 0 Å². The molecule has 3 aromatic carbocycles. The number of carbonyl (C=O) groups is 1. The first-order valence-corrected chi connectivity index (χ1v) is 9.45. The van der Waals surface area contributed by atoms with E-state index in [9.17, 15) is 9.90 Å². The summed E-state index contributed by atoms with van der Waals surface area (Å²) in [5, 5.41) is 21.2.